The molecule has 5 nitrogen and oxygen atoms in total. The van der Waals surface area contributed by atoms with Crippen molar-refractivity contribution in [2.24, 2.45) is 0 Å². The molecule has 0 fully saturated rings. The van der Waals surface area contributed by atoms with Crippen LogP contribution in [0.15, 0.2) is 17.0 Å². The lowest BCUT2D eigenvalue weighted by Crippen LogP contribution is -1.97. The topological polar surface area (TPSA) is 65.0 Å². The Hall–Kier alpha value is -1.82. The maximum Gasteiger partial charge on any atom is 0.341 e. The van der Waals surface area contributed by atoms with Crippen molar-refractivity contribution in [3.8, 4) is 17.2 Å². The first-order valence-electron chi connectivity index (χ1n) is 4.97. The van der Waals surface area contributed by atoms with E-state index < -0.39 is 5.97 Å². The molecule has 0 bridgehead atoms. The van der Waals surface area contributed by atoms with Gasteiger partial charge in [0.2, 0.25) is 5.75 Å². The van der Waals surface area contributed by atoms with E-state index in [1.807, 2.05) is 0 Å². The Balaban J connectivity index is 3.32. The molecule has 6 heteroatoms. The molecule has 1 aromatic carbocycles. The van der Waals surface area contributed by atoms with E-state index in [4.69, 9.17) is 19.3 Å². The van der Waals surface area contributed by atoms with E-state index in [0.29, 0.717) is 22.8 Å². The highest BCUT2D eigenvalue weighted by molar-refractivity contribution is 7.85. The predicted octanol–water partition coefficient (Wildman–Crippen LogP) is 2.07. The van der Waals surface area contributed by atoms with E-state index in [0.717, 1.165) is 0 Å². The smallest absolute Gasteiger partial charge is 0.341 e. The Kier molecular flexibility index (Phi) is 4.91. The van der Waals surface area contributed by atoms with Crippen molar-refractivity contribution in [2.75, 3.05) is 21.3 Å². The summed E-state index contributed by atoms with van der Waals surface area (Å²) in [5.41, 5.74) is 0.594. The van der Waals surface area contributed by atoms with Gasteiger partial charge in [0, 0.05) is 0 Å². The van der Waals surface area contributed by atoms with Gasteiger partial charge in [0.05, 0.1) is 26.2 Å². The fraction of sp³-hybridized carbons (Fsp3) is 0.250. The third kappa shape index (κ3) is 3.10. The Bertz CT molecular complexity index is 456. The van der Waals surface area contributed by atoms with Crippen LogP contribution in [0, 0.1) is 0 Å². The van der Waals surface area contributed by atoms with Gasteiger partial charge in [0.1, 0.15) is 0 Å². The average molecular weight is 270 g/mol. The molecule has 0 aliphatic carbocycles. The molecule has 0 amide bonds. The van der Waals surface area contributed by atoms with Crippen LogP contribution in [0.4, 0.5) is 0 Å². The molecule has 0 spiro atoms. The van der Waals surface area contributed by atoms with Crippen LogP contribution in [-0.2, 0) is 4.79 Å². The molecule has 0 atom stereocenters. The molecule has 1 aromatic rings. The van der Waals surface area contributed by atoms with Gasteiger partial charge >= 0.3 is 5.97 Å². The lowest BCUT2D eigenvalue weighted by Gasteiger charge is -2.12. The fourth-order valence-electron chi connectivity index (χ4n) is 1.40. The van der Waals surface area contributed by atoms with Crippen molar-refractivity contribution in [1.29, 1.82) is 0 Å². The summed E-state index contributed by atoms with van der Waals surface area (Å²) >= 11 is 3.86. The number of aliphatic carboxylic acids is 1. The van der Waals surface area contributed by atoms with Crippen LogP contribution in [0.2, 0.25) is 0 Å². The SMILES string of the molecule is COc1cc(C=C(S)C(=O)O)cc(OC)c1OC. The largest absolute Gasteiger partial charge is 0.493 e. The zero-order valence-corrected chi connectivity index (χ0v) is 11.2. The van der Waals surface area contributed by atoms with E-state index in [2.05, 4.69) is 12.6 Å². The molecule has 0 aromatic heterocycles. The maximum atomic E-state index is 10.7. The second-order valence-electron chi connectivity index (χ2n) is 3.29. The summed E-state index contributed by atoms with van der Waals surface area (Å²) in [7, 11) is 4.48. The molecule has 0 aliphatic heterocycles. The molecule has 0 saturated carbocycles. The van der Waals surface area contributed by atoms with Crippen molar-refractivity contribution >= 4 is 24.7 Å². The monoisotopic (exact) mass is 270 g/mol. The maximum absolute atomic E-state index is 10.7. The number of methoxy groups -OCH3 is 3. The van der Waals surface area contributed by atoms with Crippen molar-refractivity contribution in [2.45, 2.75) is 0 Å². The number of hydrogen-bond acceptors (Lipinski definition) is 5. The van der Waals surface area contributed by atoms with Gasteiger partial charge in [-0.3, -0.25) is 0 Å². The number of thiol groups is 1. The van der Waals surface area contributed by atoms with Gasteiger partial charge in [-0.1, -0.05) is 0 Å². The molecule has 0 aliphatic rings. The summed E-state index contributed by atoms with van der Waals surface area (Å²) in [6.45, 7) is 0. The molecular weight excluding hydrogens is 256 g/mol. The highest BCUT2D eigenvalue weighted by Crippen LogP contribution is 2.38. The third-order valence-corrected chi connectivity index (χ3v) is 2.53. The molecule has 0 saturated heterocycles. The Morgan fingerprint density at radius 3 is 2.00 bits per heavy atom. The molecular formula is C12H14O5S. The quantitative estimate of drug-likeness (QED) is 0.633. The molecule has 0 unspecified atom stereocenters. The predicted molar refractivity (Wildman–Crippen MR) is 70.7 cm³/mol. The van der Waals surface area contributed by atoms with Gasteiger partial charge in [-0.05, 0) is 23.8 Å². The van der Waals surface area contributed by atoms with Gasteiger partial charge in [0.25, 0.3) is 0 Å². The number of carboxylic acid groups (broad SMARTS) is 1. The van der Waals surface area contributed by atoms with E-state index in [1.165, 1.54) is 27.4 Å². The minimum Gasteiger partial charge on any atom is -0.493 e. The molecule has 98 valence electrons. The van der Waals surface area contributed by atoms with E-state index in [1.54, 1.807) is 12.1 Å². The molecule has 0 radical (unpaired) electrons. The van der Waals surface area contributed by atoms with Gasteiger partial charge in [-0.25, -0.2) is 4.79 Å². The van der Waals surface area contributed by atoms with Gasteiger partial charge in [-0.15, -0.1) is 12.6 Å². The van der Waals surface area contributed by atoms with Crippen molar-refractivity contribution in [1.82, 2.24) is 0 Å². The van der Waals surface area contributed by atoms with Gasteiger partial charge < -0.3 is 19.3 Å². The van der Waals surface area contributed by atoms with Crippen molar-refractivity contribution in [3.05, 3.63) is 22.6 Å². The minimum absolute atomic E-state index is 0.0794. The highest BCUT2D eigenvalue weighted by atomic mass is 32.1. The second kappa shape index (κ2) is 6.20. The van der Waals surface area contributed by atoms with Gasteiger partial charge in [0.15, 0.2) is 11.5 Å². The zero-order chi connectivity index (χ0) is 13.7. The molecule has 18 heavy (non-hydrogen) atoms. The van der Waals surface area contributed by atoms with Crippen LogP contribution >= 0.6 is 12.6 Å². The number of carboxylic acids is 1. The van der Waals surface area contributed by atoms with E-state index in [9.17, 15) is 4.79 Å². The fourth-order valence-corrected chi connectivity index (χ4v) is 1.55. The number of benzene rings is 1. The number of hydrogen-bond donors (Lipinski definition) is 2. The second-order valence-corrected chi connectivity index (χ2v) is 3.78. The third-order valence-electron chi connectivity index (χ3n) is 2.21. The Morgan fingerprint density at radius 1 is 1.17 bits per heavy atom. The standard InChI is InChI=1S/C12H14O5S/c1-15-8-4-7(6-10(18)12(13)14)5-9(16-2)11(8)17-3/h4-6,18H,1-3H3,(H,13,14). The number of rotatable bonds is 5. The summed E-state index contributed by atoms with van der Waals surface area (Å²) in [6.07, 6.45) is 1.40. The zero-order valence-electron chi connectivity index (χ0n) is 10.3. The number of ether oxygens (including phenoxy) is 3. The van der Waals surface area contributed by atoms with Crippen LogP contribution in [0.5, 0.6) is 17.2 Å². The molecule has 1 N–H and O–H groups in total. The number of carbonyl (C=O) groups is 1. The van der Waals surface area contributed by atoms with Gasteiger partial charge in [-0.2, -0.15) is 0 Å². The summed E-state index contributed by atoms with van der Waals surface area (Å²) in [5, 5.41) is 8.77. The van der Waals surface area contributed by atoms with E-state index >= 15 is 0 Å². The summed E-state index contributed by atoms with van der Waals surface area (Å²) in [5.74, 6) is 0.254. The van der Waals surface area contributed by atoms with Crippen LogP contribution in [-0.4, -0.2) is 32.4 Å². The first-order chi connectivity index (χ1) is 8.53. The van der Waals surface area contributed by atoms with Crippen LogP contribution in [0.3, 0.4) is 0 Å². The normalized spacial score (nSPS) is 11.0. The lowest BCUT2D eigenvalue weighted by atomic mass is 10.1. The molecule has 0 heterocycles. The first kappa shape index (κ1) is 14.2. The van der Waals surface area contributed by atoms with Crippen LogP contribution in [0.1, 0.15) is 5.56 Å². The Labute approximate surface area is 110 Å². The first-order valence-corrected chi connectivity index (χ1v) is 5.42. The van der Waals surface area contributed by atoms with Crippen LogP contribution in [0.25, 0.3) is 6.08 Å². The van der Waals surface area contributed by atoms with E-state index in [-0.39, 0.29) is 4.91 Å². The summed E-state index contributed by atoms with van der Waals surface area (Å²) < 4.78 is 15.5. The summed E-state index contributed by atoms with van der Waals surface area (Å²) in [4.78, 5) is 10.6. The highest BCUT2D eigenvalue weighted by Gasteiger charge is 2.13. The molecule has 1 rings (SSSR count). The Morgan fingerprint density at radius 2 is 1.67 bits per heavy atom. The minimum atomic E-state index is -1.10. The van der Waals surface area contributed by atoms with Crippen molar-refractivity contribution in [3.63, 3.8) is 0 Å². The van der Waals surface area contributed by atoms with Crippen molar-refractivity contribution < 1.29 is 24.1 Å². The summed E-state index contributed by atoms with van der Waals surface area (Å²) in [6, 6.07) is 3.28. The lowest BCUT2D eigenvalue weighted by molar-refractivity contribution is -0.131. The van der Waals surface area contributed by atoms with Crippen LogP contribution < -0.4 is 14.2 Å². The average Bonchev–Trinajstić information content (AvgIpc) is 2.37.